The molecule has 2 atom stereocenters. The van der Waals surface area contributed by atoms with E-state index >= 15 is 0 Å². The molecule has 3 rings (SSSR count). The van der Waals surface area contributed by atoms with Crippen LogP contribution in [-0.2, 0) is 6.54 Å². The van der Waals surface area contributed by atoms with Gasteiger partial charge in [0, 0.05) is 29.4 Å². The molecule has 0 radical (unpaired) electrons. The molecule has 0 aliphatic heterocycles. The molecule has 110 valence electrons. The Kier molecular flexibility index (Phi) is 4.12. The van der Waals surface area contributed by atoms with E-state index in [1.165, 1.54) is 0 Å². The average molecular weight is 303 g/mol. The van der Waals surface area contributed by atoms with Gasteiger partial charge in [-0.05, 0) is 31.4 Å². The third kappa shape index (κ3) is 3.20. The van der Waals surface area contributed by atoms with Gasteiger partial charge in [0.05, 0.1) is 12.6 Å². The SMILES string of the molecule is C[C@H](NCc1nc(-c2ccsc2)no1)[C@@H](C)n1cccn1. The van der Waals surface area contributed by atoms with Crippen molar-refractivity contribution in [3.05, 3.63) is 41.2 Å². The van der Waals surface area contributed by atoms with Crippen molar-refractivity contribution >= 4 is 11.3 Å². The Balaban J connectivity index is 1.58. The maximum Gasteiger partial charge on any atom is 0.240 e. The first-order valence-corrected chi connectivity index (χ1v) is 7.76. The summed E-state index contributed by atoms with van der Waals surface area (Å²) >= 11 is 1.62. The van der Waals surface area contributed by atoms with E-state index in [0.29, 0.717) is 18.3 Å². The van der Waals surface area contributed by atoms with Crippen molar-refractivity contribution in [2.24, 2.45) is 0 Å². The number of aromatic nitrogens is 4. The zero-order valence-corrected chi connectivity index (χ0v) is 12.7. The van der Waals surface area contributed by atoms with Crippen molar-refractivity contribution in [3.8, 4) is 11.4 Å². The number of hydrogen-bond donors (Lipinski definition) is 1. The first-order chi connectivity index (χ1) is 10.2. The molecule has 3 heterocycles. The quantitative estimate of drug-likeness (QED) is 0.758. The molecule has 7 heteroatoms. The van der Waals surface area contributed by atoms with E-state index < -0.39 is 0 Å². The van der Waals surface area contributed by atoms with Crippen molar-refractivity contribution in [2.75, 3.05) is 0 Å². The van der Waals surface area contributed by atoms with Crippen LogP contribution in [0, 0.1) is 0 Å². The fourth-order valence-corrected chi connectivity index (χ4v) is 2.64. The summed E-state index contributed by atoms with van der Waals surface area (Å²) in [5.41, 5.74) is 0.993. The van der Waals surface area contributed by atoms with E-state index in [-0.39, 0.29) is 12.1 Å². The minimum atomic E-state index is 0.237. The van der Waals surface area contributed by atoms with Gasteiger partial charge >= 0.3 is 0 Å². The first kappa shape index (κ1) is 14.0. The molecule has 0 bridgehead atoms. The second kappa shape index (κ2) is 6.19. The molecule has 6 nitrogen and oxygen atoms in total. The molecule has 0 spiro atoms. The predicted octanol–water partition coefficient (Wildman–Crippen LogP) is 2.73. The van der Waals surface area contributed by atoms with Crippen LogP contribution in [0.15, 0.2) is 39.8 Å². The molecule has 21 heavy (non-hydrogen) atoms. The van der Waals surface area contributed by atoms with E-state index in [0.717, 1.165) is 5.56 Å². The lowest BCUT2D eigenvalue weighted by Gasteiger charge is -2.20. The van der Waals surface area contributed by atoms with Crippen molar-refractivity contribution in [3.63, 3.8) is 0 Å². The van der Waals surface area contributed by atoms with Gasteiger partial charge in [0.2, 0.25) is 11.7 Å². The predicted molar refractivity (Wildman–Crippen MR) is 80.9 cm³/mol. The summed E-state index contributed by atoms with van der Waals surface area (Å²) in [6.45, 7) is 4.78. The molecule has 0 saturated heterocycles. The lowest BCUT2D eigenvalue weighted by atomic mass is 10.2. The van der Waals surface area contributed by atoms with Gasteiger partial charge in [-0.25, -0.2) is 0 Å². The molecule has 0 aliphatic rings. The number of hydrogen-bond acceptors (Lipinski definition) is 6. The van der Waals surface area contributed by atoms with Crippen LogP contribution in [0.4, 0.5) is 0 Å². The van der Waals surface area contributed by atoms with E-state index in [4.69, 9.17) is 4.52 Å². The van der Waals surface area contributed by atoms with Gasteiger partial charge < -0.3 is 9.84 Å². The maximum atomic E-state index is 5.27. The Hall–Kier alpha value is -1.99. The standard InChI is InChI=1S/C14H17N5OS/c1-10(11(2)19-6-3-5-16-19)15-8-13-17-14(18-20-13)12-4-7-21-9-12/h3-7,9-11,15H,8H2,1-2H3/t10-,11+/m0/s1. The third-order valence-corrected chi connectivity index (χ3v) is 4.17. The number of rotatable bonds is 6. The summed E-state index contributed by atoms with van der Waals surface area (Å²) in [7, 11) is 0. The van der Waals surface area contributed by atoms with Crippen LogP contribution < -0.4 is 5.32 Å². The third-order valence-electron chi connectivity index (χ3n) is 3.49. The second-order valence-corrected chi connectivity index (χ2v) is 5.70. The van der Waals surface area contributed by atoms with Crippen molar-refractivity contribution in [2.45, 2.75) is 32.5 Å². The zero-order chi connectivity index (χ0) is 14.7. The minimum Gasteiger partial charge on any atom is -0.338 e. The average Bonchev–Trinajstić information content (AvgIpc) is 3.25. The smallest absolute Gasteiger partial charge is 0.240 e. The van der Waals surface area contributed by atoms with Crippen LogP contribution in [-0.4, -0.2) is 26.0 Å². The molecule has 3 aromatic heterocycles. The molecule has 0 aromatic carbocycles. The van der Waals surface area contributed by atoms with Crippen LogP contribution in [0.2, 0.25) is 0 Å². The molecular formula is C14H17N5OS. The highest BCUT2D eigenvalue weighted by atomic mass is 32.1. The van der Waals surface area contributed by atoms with Crippen LogP contribution in [0.3, 0.4) is 0 Å². The Labute approximate surface area is 126 Å². The summed E-state index contributed by atoms with van der Waals surface area (Å²) in [5.74, 6) is 1.23. The van der Waals surface area contributed by atoms with E-state index in [2.05, 4.69) is 34.4 Å². The Bertz CT molecular complexity index is 661. The summed E-state index contributed by atoms with van der Waals surface area (Å²) in [6, 6.07) is 4.39. The number of thiophene rings is 1. The molecule has 3 aromatic rings. The highest BCUT2D eigenvalue weighted by molar-refractivity contribution is 7.08. The summed E-state index contributed by atoms with van der Waals surface area (Å²) in [5, 5.41) is 15.6. The summed E-state index contributed by atoms with van der Waals surface area (Å²) in [6.07, 6.45) is 3.75. The largest absolute Gasteiger partial charge is 0.338 e. The first-order valence-electron chi connectivity index (χ1n) is 6.81. The van der Waals surface area contributed by atoms with Gasteiger partial charge in [-0.2, -0.15) is 21.4 Å². The van der Waals surface area contributed by atoms with Gasteiger partial charge in [-0.15, -0.1) is 0 Å². The minimum absolute atomic E-state index is 0.237. The highest BCUT2D eigenvalue weighted by Crippen LogP contribution is 2.18. The topological polar surface area (TPSA) is 68.8 Å². The van der Waals surface area contributed by atoms with Gasteiger partial charge in [0.1, 0.15) is 0 Å². The van der Waals surface area contributed by atoms with Crippen LogP contribution in [0.5, 0.6) is 0 Å². The van der Waals surface area contributed by atoms with E-state index in [1.54, 1.807) is 17.5 Å². The normalized spacial score (nSPS) is 14.2. The number of nitrogens with one attached hydrogen (secondary N) is 1. The van der Waals surface area contributed by atoms with Crippen LogP contribution in [0.25, 0.3) is 11.4 Å². The van der Waals surface area contributed by atoms with Crippen molar-refractivity contribution in [1.29, 1.82) is 0 Å². The molecule has 0 amide bonds. The van der Waals surface area contributed by atoms with Gasteiger partial charge in [0.15, 0.2) is 0 Å². The highest BCUT2D eigenvalue weighted by Gasteiger charge is 2.15. The fourth-order valence-electron chi connectivity index (χ4n) is 2.01. The molecule has 0 fully saturated rings. The van der Waals surface area contributed by atoms with Crippen LogP contribution >= 0.6 is 11.3 Å². The van der Waals surface area contributed by atoms with Gasteiger partial charge in [-0.1, -0.05) is 5.16 Å². The zero-order valence-electron chi connectivity index (χ0n) is 11.9. The molecule has 0 saturated carbocycles. The summed E-state index contributed by atoms with van der Waals surface area (Å²) < 4.78 is 7.20. The van der Waals surface area contributed by atoms with E-state index in [9.17, 15) is 0 Å². The summed E-state index contributed by atoms with van der Waals surface area (Å²) in [4.78, 5) is 4.39. The van der Waals surface area contributed by atoms with E-state index in [1.807, 2.05) is 33.8 Å². The van der Waals surface area contributed by atoms with Crippen molar-refractivity contribution < 1.29 is 4.52 Å². The van der Waals surface area contributed by atoms with Crippen LogP contribution in [0.1, 0.15) is 25.8 Å². The van der Waals surface area contributed by atoms with Gasteiger partial charge in [-0.3, -0.25) is 4.68 Å². The Morgan fingerprint density at radius 2 is 2.33 bits per heavy atom. The fraction of sp³-hybridized carbons (Fsp3) is 0.357. The molecule has 0 aliphatic carbocycles. The molecule has 0 unspecified atom stereocenters. The molecular weight excluding hydrogens is 286 g/mol. The van der Waals surface area contributed by atoms with Crippen molar-refractivity contribution in [1.82, 2.24) is 25.2 Å². The monoisotopic (exact) mass is 303 g/mol. The lowest BCUT2D eigenvalue weighted by molar-refractivity contribution is 0.325. The molecule has 1 N–H and O–H groups in total. The Morgan fingerprint density at radius 3 is 3.05 bits per heavy atom. The maximum absolute atomic E-state index is 5.27. The Morgan fingerprint density at radius 1 is 1.43 bits per heavy atom. The second-order valence-electron chi connectivity index (χ2n) is 4.92. The lowest BCUT2D eigenvalue weighted by Crippen LogP contribution is -2.33. The van der Waals surface area contributed by atoms with Gasteiger partial charge in [0.25, 0.3) is 0 Å². The number of nitrogens with zero attached hydrogens (tertiary/aromatic N) is 4.